The highest BCUT2D eigenvalue weighted by Gasteiger charge is 2.35. The molecule has 0 bridgehead atoms. The average molecular weight is 369 g/mol. The molecule has 0 amide bonds. The number of aromatic nitrogens is 4. The maximum Gasteiger partial charge on any atom is 0.435 e. The number of primary sulfonamides is 1. The minimum Gasteiger partial charge on any atom is -0.261 e. The van der Waals surface area contributed by atoms with Crippen molar-refractivity contribution in [3.8, 4) is 17.1 Å². The van der Waals surface area contributed by atoms with E-state index in [0.29, 0.717) is 0 Å². The highest BCUT2D eigenvalue weighted by molar-refractivity contribution is 7.89. The average Bonchev–Trinajstić information content (AvgIpc) is 3.00. The lowest BCUT2D eigenvalue weighted by molar-refractivity contribution is -0.141. The number of nitrogens with zero attached hydrogens (tertiary/aromatic N) is 4. The Bertz CT molecular complexity index is 999. The molecule has 0 saturated heterocycles. The number of benzene rings is 1. The number of alkyl halides is 3. The van der Waals surface area contributed by atoms with Crippen molar-refractivity contribution in [1.82, 2.24) is 19.7 Å². The van der Waals surface area contributed by atoms with Gasteiger partial charge in [0.05, 0.1) is 22.5 Å². The summed E-state index contributed by atoms with van der Waals surface area (Å²) in [6.07, 6.45) is -0.630. The van der Waals surface area contributed by atoms with Crippen molar-refractivity contribution in [2.45, 2.75) is 11.1 Å². The van der Waals surface area contributed by atoms with Crippen LogP contribution in [0, 0.1) is 0 Å². The number of nitrogens with two attached hydrogens (primary N) is 1. The van der Waals surface area contributed by atoms with E-state index in [0.717, 1.165) is 10.7 Å². The Morgan fingerprint density at radius 1 is 1.08 bits per heavy atom. The van der Waals surface area contributed by atoms with Gasteiger partial charge in [0.1, 0.15) is 5.69 Å². The van der Waals surface area contributed by atoms with E-state index in [-0.39, 0.29) is 22.0 Å². The quantitative estimate of drug-likeness (QED) is 0.760. The normalized spacial score (nSPS) is 12.3. The van der Waals surface area contributed by atoms with Crippen LogP contribution >= 0.6 is 0 Å². The first-order chi connectivity index (χ1) is 11.7. The lowest BCUT2D eigenvalue weighted by Gasteiger charge is -2.07. The second kappa shape index (κ2) is 5.93. The van der Waals surface area contributed by atoms with Gasteiger partial charge in [0.25, 0.3) is 0 Å². The van der Waals surface area contributed by atoms with Crippen LogP contribution in [0.25, 0.3) is 17.1 Å². The van der Waals surface area contributed by atoms with Crippen molar-refractivity contribution >= 4 is 10.0 Å². The Balaban J connectivity index is 2.16. The van der Waals surface area contributed by atoms with Crippen LogP contribution in [0.4, 0.5) is 13.2 Å². The third kappa shape index (κ3) is 3.51. The highest BCUT2D eigenvalue weighted by Crippen LogP contribution is 2.32. The summed E-state index contributed by atoms with van der Waals surface area (Å²) in [5, 5.41) is 8.57. The van der Waals surface area contributed by atoms with Crippen molar-refractivity contribution in [2.24, 2.45) is 5.14 Å². The van der Waals surface area contributed by atoms with Gasteiger partial charge in [-0.1, -0.05) is 0 Å². The number of rotatable bonds is 3. The fourth-order valence-corrected chi connectivity index (χ4v) is 2.62. The Morgan fingerprint density at radius 3 is 2.28 bits per heavy atom. The van der Waals surface area contributed by atoms with Gasteiger partial charge in [-0.25, -0.2) is 18.2 Å². The Labute approximate surface area is 140 Å². The molecule has 3 rings (SSSR count). The molecule has 7 nitrogen and oxygen atoms in total. The zero-order chi connectivity index (χ0) is 18.2. The summed E-state index contributed by atoms with van der Waals surface area (Å²) in [5.41, 5.74) is -0.656. The van der Waals surface area contributed by atoms with Crippen LogP contribution in [0.2, 0.25) is 0 Å². The van der Waals surface area contributed by atoms with Gasteiger partial charge in [0.15, 0.2) is 5.69 Å². The van der Waals surface area contributed by atoms with E-state index in [4.69, 9.17) is 5.14 Å². The zero-order valence-corrected chi connectivity index (χ0v) is 13.2. The number of halogens is 3. The molecule has 0 fully saturated rings. The Kier molecular flexibility index (Phi) is 4.05. The molecule has 0 saturated carbocycles. The molecule has 0 aliphatic rings. The summed E-state index contributed by atoms with van der Waals surface area (Å²) < 4.78 is 62.7. The van der Waals surface area contributed by atoms with Crippen LogP contribution in [0.1, 0.15) is 5.69 Å². The molecule has 2 heterocycles. The topological polar surface area (TPSA) is 104 Å². The van der Waals surface area contributed by atoms with Gasteiger partial charge in [0.2, 0.25) is 10.0 Å². The monoisotopic (exact) mass is 369 g/mol. The molecule has 3 aromatic rings. The van der Waals surface area contributed by atoms with E-state index in [1.807, 2.05) is 0 Å². The molecule has 2 N–H and O–H groups in total. The first-order valence-electron chi connectivity index (χ1n) is 6.73. The molecule has 1 aromatic carbocycles. The van der Waals surface area contributed by atoms with E-state index in [1.54, 1.807) is 0 Å². The van der Waals surface area contributed by atoms with Gasteiger partial charge in [-0.3, -0.25) is 9.97 Å². The second-order valence-electron chi connectivity index (χ2n) is 4.95. The predicted molar refractivity (Wildman–Crippen MR) is 81.0 cm³/mol. The molecule has 0 atom stereocenters. The number of hydrogen-bond acceptors (Lipinski definition) is 5. The molecule has 2 aromatic heterocycles. The van der Waals surface area contributed by atoms with Crippen LogP contribution in [0.3, 0.4) is 0 Å². The largest absolute Gasteiger partial charge is 0.435 e. The molecule has 11 heteroatoms. The second-order valence-corrected chi connectivity index (χ2v) is 6.52. The van der Waals surface area contributed by atoms with Gasteiger partial charge >= 0.3 is 6.18 Å². The van der Waals surface area contributed by atoms with Crippen molar-refractivity contribution in [1.29, 1.82) is 0 Å². The van der Waals surface area contributed by atoms with Crippen LogP contribution < -0.4 is 5.14 Å². The highest BCUT2D eigenvalue weighted by atomic mass is 32.2. The SMILES string of the molecule is NS(=O)(=O)c1ccc(-n2nc(C(F)(F)F)cc2-c2cnccn2)cc1. The van der Waals surface area contributed by atoms with Crippen molar-refractivity contribution in [3.63, 3.8) is 0 Å². The lowest BCUT2D eigenvalue weighted by Crippen LogP contribution is -2.12. The van der Waals surface area contributed by atoms with E-state index in [1.165, 1.54) is 42.9 Å². The number of hydrogen-bond donors (Lipinski definition) is 1. The Hall–Kier alpha value is -2.79. The van der Waals surface area contributed by atoms with Crippen molar-refractivity contribution in [2.75, 3.05) is 0 Å². The first kappa shape index (κ1) is 17.0. The number of sulfonamides is 1. The molecular weight excluding hydrogens is 359 g/mol. The summed E-state index contributed by atoms with van der Waals surface area (Å²) in [5.74, 6) is 0. The fourth-order valence-electron chi connectivity index (χ4n) is 2.11. The molecule has 0 aliphatic carbocycles. The van der Waals surface area contributed by atoms with Crippen LogP contribution in [0.5, 0.6) is 0 Å². The van der Waals surface area contributed by atoms with Crippen LogP contribution in [-0.2, 0) is 16.2 Å². The Morgan fingerprint density at radius 2 is 1.76 bits per heavy atom. The minimum absolute atomic E-state index is 0.0591. The first-order valence-corrected chi connectivity index (χ1v) is 8.28. The van der Waals surface area contributed by atoms with E-state index >= 15 is 0 Å². The maximum atomic E-state index is 13.0. The standard InChI is InChI=1S/C14H10F3N5O2S/c15-14(16,17)13-7-12(11-8-19-5-6-20-11)22(21-13)9-1-3-10(4-2-9)25(18,23)24/h1-8H,(H2,18,23,24). The minimum atomic E-state index is -4.65. The maximum absolute atomic E-state index is 13.0. The molecule has 0 radical (unpaired) electrons. The van der Waals surface area contributed by atoms with Gasteiger partial charge in [-0.2, -0.15) is 18.3 Å². The molecular formula is C14H10F3N5O2S. The van der Waals surface area contributed by atoms with Gasteiger partial charge in [0, 0.05) is 12.4 Å². The fraction of sp³-hybridized carbons (Fsp3) is 0.0714. The molecule has 0 aliphatic heterocycles. The summed E-state index contributed by atoms with van der Waals surface area (Å²) in [4.78, 5) is 7.65. The molecule has 130 valence electrons. The summed E-state index contributed by atoms with van der Waals surface area (Å²) in [7, 11) is -3.91. The smallest absolute Gasteiger partial charge is 0.261 e. The molecule has 25 heavy (non-hydrogen) atoms. The third-order valence-electron chi connectivity index (χ3n) is 3.24. The molecule has 0 unspecified atom stereocenters. The van der Waals surface area contributed by atoms with Crippen LogP contribution in [0.15, 0.2) is 53.8 Å². The summed E-state index contributed by atoms with van der Waals surface area (Å²) in [6.45, 7) is 0. The van der Waals surface area contributed by atoms with E-state index in [9.17, 15) is 21.6 Å². The van der Waals surface area contributed by atoms with Gasteiger partial charge in [-0.05, 0) is 30.3 Å². The molecule has 0 spiro atoms. The lowest BCUT2D eigenvalue weighted by atomic mass is 10.2. The predicted octanol–water partition coefficient (Wildman–Crippen LogP) is 2.00. The summed E-state index contributed by atoms with van der Waals surface area (Å²) in [6, 6.07) is 5.80. The van der Waals surface area contributed by atoms with E-state index < -0.39 is 21.9 Å². The third-order valence-corrected chi connectivity index (χ3v) is 4.16. The van der Waals surface area contributed by atoms with Gasteiger partial charge < -0.3 is 0 Å². The summed E-state index contributed by atoms with van der Waals surface area (Å²) >= 11 is 0. The van der Waals surface area contributed by atoms with Crippen molar-refractivity contribution in [3.05, 3.63) is 54.6 Å². The zero-order valence-electron chi connectivity index (χ0n) is 12.3. The van der Waals surface area contributed by atoms with Crippen LogP contribution in [-0.4, -0.2) is 28.2 Å². The van der Waals surface area contributed by atoms with E-state index in [2.05, 4.69) is 15.1 Å². The van der Waals surface area contributed by atoms with Gasteiger partial charge in [-0.15, -0.1) is 0 Å². The van der Waals surface area contributed by atoms with Crippen molar-refractivity contribution < 1.29 is 21.6 Å².